The van der Waals surface area contributed by atoms with Gasteiger partial charge in [0.1, 0.15) is 0 Å². The molecule has 0 atom stereocenters. The third-order valence-electron chi connectivity index (χ3n) is 3.99. The molecule has 0 spiro atoms. The lowest BCUT2D eigenvalue weighted by atomic mass is 9.65. The molecule has 1 heteroatoms. The largest absolute Gasteiger partial charge is 0.316 e. The van der Waals surface area contributed by atoms with Crippen LogP contribution in [0.25, 0.3) is 0 Å². The van der Waals surface area contributed by atoms with Crippen molar-refractivity contribution >= 4 is 0 Å². The van der Waals surface area contributed by atoms with E-state index in [1.165, 1.54) is 37.8 Å². The number of hydrogen-bond donors (Lipinski definition) is 1. The molecule has 0 heterocycles. The van der Waals surface area contributed by atoms with Crippen LogP contribution in [0.4, 0.5) is 0 Å². The van der Waals surface area contributed by atoms with Crippen LogP contribution in [0, 0.1) is 12.3 Å². The van der Waals surface area contributed by atoms with Gasteiger partial charge in [0.25, 0.3) is 0 Å². The van der Waals surface area contributed by atoms with E-state index in [9.17, 15) is 0 Å². The first kappa shape index (κ1) is 11.7. The summed E-state index contributed by atoms with van der Waals surface area (Å²) >= 11 is 0. The Bertz CT molecular complexity index is 339. The summed E-state index contributed by atoms with van der Waals surface area (Å²) in [6.07, 6.45) is 5.46. The molecule has 0 unspecified atom stereocenters. The monoisotopic (exact) mass is 217 g/mol. The fraction of sp³-hybridized carbons (Fsp3) is 0.600. The van der Waals surface area contributed by atoms with Gasteiger partial charge in [0.05, 0.1) is 0 Å². The van der Waals surface area contributed by atoms with Crippen molar-refractivity contribution < 1.29 is 0 Å². The van der Waals surface area contributed by atoms with Crippen LogP contribution in [0.2, 0.25) is 0 Å². The van der Waals surface area contributed by atoms with Crippen LogP contribution in [0.15, 0.2) is 24.3 Å². The van der Waals surface area contributed by atoms with Crippen molar-refractivity contribution in [3.8, 4) is 0 Å². The van der Waals surface area contributed by atoms with Gasteiger partial charge in [0.2, 0.25) is 0 Å². The average Bonchev–Trinajstić information content (AvgIpc) is 2.24. The molecule has 0 aliphatic heterocycles. The second-order valence-electron chi connectivity index (χ2n) is 5.24. The Morgan fingerprint density at radius 2 is 2.00 bits per heavy atom. The van der Waals surface area contributed by atoms with Crippen molar-refractivity contribution in [3.05, 3.63) is 35.4 Å². The van der Waals surface area contributed by atoms with Crippen LogP contribution in [0.1, 0.15) is 37.3 Å². The molecule has 2 rings (SSSR count). The quantitative estimate of drug-likeness (QED) is 0.798. The highest BCUT2D eigenvalue weighted by Crippen LogP contribution is 2.43. The number of aryl methyl sites for hydroxylation is 1. The molecule has 0 bridgehead atoms. The minimum absolute atomic E-state index is 0.558. The normalized spacial score (nSPS) is 18.1. The van der Waals surface area contributed by atoms with Crippen LogP contribution >= 0.6 is 0 Å². The molecule has 1 nitrogen and oxygen atoms in total. The lowest BCUT2D eigenvalue weighted by Crippen LogP contribution is -2.41. The van der Waals surface area contributed by atoms with E-state index >= 15 is 0 Å². The van der Waals surface area contributed by atoms with Gasteiger partial charge in [-0.05, 0) is 49.3 Å². The van der Waals surface area contributed by atoms with E-state index in [-0.39, 0.29) is 0 Å². The Morgan fingerprint density at radius 3 is 2.56 bits per heavy atom. The second-order valence-corrected chi connectivity index (χ2v) is 5.24. The zero-order valence-electron chi connectivity index (χ0n) is 10.6. The summed E-state index contributed by atoms with van der Waals surface area (Å²) in [6, 6.07) is 8.83. The summed E-state index contributed by atoms with van der Waals surface area (Å²) in [6.45, 7) is 6.71. The van der Waals surface area contributed by atoms with Gasteiger partial charge in [-0.15, -0.1) is 0 Å². The van der Waals surface area contributed by atoms with Crippen LogP contribution in [0.5, 0.6) is 0 Å². The van der Waals surface area contributed by atoms with Crippen molar-refractivity contribution in [2.45, 2.75) is 39.5 Å². The van der Waals surface area contributed by atoms with Gasteiger partial charge in [-0.25, -0.2) is 0 Å². The van der Waals surface area contributed by atoms with E-state index in [0.717, 1.165) is 6.54 Å². The predicted octanol–water partition coefficient (Wildman–Crippen LogP) is 3.32. The third kappa shape index (κ3) is 2.46. The summed E-state index contributed by atoms with van der Waals surface area (Å²) < 4.78 is 0. The number of rotatable bonds is 5. The molecule has 1 aliphatic rings. The highest BCUT2D eigenvalue weighted by atomic mass is 14.9. The Morgan fingerprint density at radius 1 is 1.25 bits per heavy atom. The fourth-order valence-electron chi connectivity index (χ4n) is 2.70. The summed E-state index contributed by atoms with van der Waals surface area (Å²) in [7, 11) is 0. The van der Waals surface area contributed by atoms with Gasteiger partial charge in [0, 0.05) is 6.54 Å². The smallest absolute Gasteiger partial charge is 0.00109 e. The maximum atomic E-state index is 3.53. The fourth-order valence-corrected chi connectivity index (χ4v) is 2.70. The molecule has 1 N–H and O–H groups in total. The third-order valence-corrected chi connectivity index (χ3v) is 3.99. The topological polar surface area (TPSA) is 12.0 Å². The van der Waals surface area contributed by atoms with Crippen LogP contribution < -0.4 is 5.32 Å². The highest BCUT2D eigenvalue weighted by Gasteiger charge is 2.36. The first-order valence-corrected chi connectivity index (χ1v) is 6.51. The van der Waals surface area contributed by atoms with Crippen molar-refractivity contribution in [2.24, 2.45) is 5.41 Å². The molecule has 1 saturated carbocycles. The van der Waals surface area contributed by atoms with Gasteiger partial charge in [-0.1, -0.05) is 37.6 Å². The molecule has 0 aromatic heterocycles. The van der Waals surface area contributed by atoms with Crippen molar-refractivity contribution in [2.75, 3.05) is 13.1 Å². The van der Waals surface area contributed by atoms with Crippen LogP contribution in [-0.2, 0) is 6.42 Å². The standard InChI is InChI=1S/C15H23N/c1-3-16-12-15(9-6-10-15)11-14-8-5-4-7-13(14)2/h4-5,7-8,16H,3,6,9-12H2,1-2H3. The van der Waals surface area contributed by atoms with Crippen molar-refractivity contribution in [1.82, 2.24) is 5.32 Å². The average molecular weight is 217 g/mol. The van der Waals surface area contributed by atoms with Gasteiger partial charge < -0.3 is 5.32 Å². The van der Waals surface area contributed by atoms with E-state index in [4.69, 9.17) is 0 Å². The highest BCUT2D eigenvalue weighted by molar-refractivity contribution is 5.27. The Kier molecular flexibility index (Phi) is 3.65. The van der Waals surface area contributed by atoms with Gasteiger partial charge in [0.15, 0.2) is 0 Å². The molecule has 0 saturated heterocycles. The minimum Gasteiger partial charge on any atom is -0.316 e. The molecule has 16 heavy (non-hydrogen) atoms. The summed E-state index contributed by atoms with van der Waals surface area (Å²) in [5.74, 6) is 0. The maximum absolute atomic E-state index is 3.53. The minimum atomic E-state index is 0.558. The molecule has 0 amide bonds. The lowest BCUT2D eigenvalue weighted by molar-refractivity contribution is 0.131. The molecule has 1 aromatic rings. The summed E-state index contributed by atoms with van der Waals surface area (Å²) in [5, 5.41) is 3.53. The molecule has 0 radical (unpaired) electrons. The molecular weight excluding hydrogens is 194 g/mol. The maximum Gasteiger partial charge on any atom is 0.00109 e. The molecular formula is C15H23N. The number of hydrogen-bond acceptors (Lipinski definition) is 1. The Balaban J connectivity index is 2.04. The number of benzene rings is 1. The van der Waals surface area contributed by atoms with E-state index in [1.807, 2.05) is 0 Å². The van der Waals surface area contributed by atoms with E-state index in [0.29, 0.717) is 5.41 Å². The van der Waals surface area contributed by atoms with Crippen molar-refractivity contribution in [3.63, 3.8) is 0 Å². The zero-order chi connectivity index (χ0) is 11.4. The van der Waals surface area contributed by atoms with Gasteiger partial charge in [-0.2, -0.15) is 0 Å². The molecule has 1 fully saturated rings. The van der Waals surface area contributed by atoms with Crippen LogP contribution in [0.3, 0.4) is 0 Å². The van der Waals surface area contributed by atoms with Gasteiger partial charge in [-0.3, -0.25) is 0 Å². The molecule has 1 aliphatic carbocycles. The first-order chi connectivity index (χ1) is 7.76. The van der Waals surface area contributed by atoms with Crippen LogP contribution in [-0.4, -0.2) is 13.1 Å². The molecule has 88 valence electrons. The summed E-state index contributed by atoms with van der Waals surface area (Å²) in [5.41, 5.74) is 3.55. The van der Waals surface area contributed by atoms with E-state index in [2.05, 4.69) is 43.4 Å². The second kappa shape index (κ2) is 5.01. The van der Waals surface area contributed by atoms with Gasteiger partial charge >= 0.3 is 0 Å². The number of nitrogens with one attached hydrogen (secondary N) is 1. The van der Waals surface area contributed by atoms with E-state index < -0.39 is 0 Å². The summed E-state index contributed by atoms with van der Waals surface area (Å²) in [4.78, 5) is 0. The Hall–Kier alpha value is -0.820. The Labute approximate surface area is 99.3 Å². The van der Waals surface area contributed by atoms with E-state index in [1.54, 1.807) is 5.56 Å². The first-order valence-electron chi connectivity index (χ1n) is 6.51. The molecule has 1 aromatic carbocycles. The zero-order valence-corrected chi connectivity index (χ0v) is 10.6. The van der Waals surface area contributed by atoms with Crippen molar-refractivity contribution in [1.29, 1.82) is 0 Å². The lowest BCUT2D eigenvalue weighted by Gasteiger charge is -2.42. The predicted molar refractivity (Wildman–Crippen MR) is 69.7 cm³/mol. The SMILES string of the molecule is CCNCC1(Cc2ccccc2C)CCC1.